The van der Waals surface area contributed by atoms with Crippen molar-refractivity contribution < 1.29 is 35.9 Å². The van der Waals surface area contributed by atoms with Crippen molar-refractivity contribution in [2.45, 2.75) is 43.4 Å². The maximum absolute atomic E-state index is 14.9. The molecule has 1 atom stereocenters. The quantitative estimate of drug-likeness (QED) is 0.470. The van der Waals surface area contributed by atoms with Crippen molar-refractivity contribution in [1.29, 1.82) is 0 Å². The highest BCUT2D eigenvalue weighted by Gasteiger charge is 2.52. The molecule has 2 N–H and O–H groups in total. The molecular weight excluding hydrogens is 532 g/mol. The molecule has 1 saturated heterocycles. The lowest BCUT2D eigenvalue weighted by Gasteiger charge is -2.22. The SMILES string of the molecule is O=C(NC(C1CC1)C(F)(F)F)c1cn(-c2c(F)cc(F)cc2F)c2nc(N3CC4(CC4)NC3=O)ccc2c1=O. The zero-order valence-electron chi connectivity index (χ0n) is 19.9. The number of anilines is 1. The number of pyridine rings is 2. The summed E-state index contributed by atoms with van der Waals surface area (Å²) in [5, 5.41) is 4.30. The van der Waals surface area contributed by atoms with E-state index in [1.807, 2.05) is 5.32 Å². The molecular formula is C25H19F6N5O3. The summed E-state index contributed by atoms with van der Waals surface area (Å²) in [6.45, 7) is 0.258. The van der Waals surface area contributed by atoms with E-state index in [9.17, 15) is 40.7 Å². The summed E-state index contributed by atoms with van der Waals surface area (Å²) >= 11 is 0. The molecule has 2 aromatic heterocycles. The second-order valence-corrected chi connectivity index (χ2v) is 10.1. The Morgan fingerprint density at radius 3 is 2.33 bits per heavy atom. The number of hydrogen-bond donors (Lipinski definition) is 2. The largest absolute Gasteiger partial charge is 0.408 e. The molecule has 1 spiro atoms. The Bertz CT molecular complexity index is 1590. The van der Waals surface area contributed by atoms with Crippen LogP contribution in [-0.4, -0.2) is 45.8 Å². The molecule has 3 aliphatic rings. The molecule has 1 aliphatic heterocycles. The van der Waals surface area contributed by atoms with E-state index in [2.05, 4.69) is 10.3 Å². The van der Waals surface area contributed by atoms with Gasteiger partial charge in [-0.25, -0.2) is 22.9 Å². The second-order valence-electron chi connectivity index (χ2n) is 10.1. The molecule has 0 bridgehead atoms. The van der Waals surface area contributed by atoms with Crippen molar-refractivity contribution in [2.75, 3.05) is 11.4 Å². The van der Waals surface area contributed by atoms with Crippen molar-refractivity contribution in [1.82, 2.24) is 20.2 Å². The average Bonchev–Trinajstić information content (AvgIpc) is 3.77. The fourth-order valence-corrected chi connectivity index (χ4v) is 4.88. The third-order valence-corrected chi connectivity index (χ3v) is 7.24. The van der Waals surface area contributed by atoms with Gasteiger partial charge < -0.3 is 10.6 Å². The van der Waals surface area contributed by atoms with Crippen molar-refractivity contribution in [3.8, 4) is 5.69 Å². The van der Waals surface area contributed by atoms with E-state index in [0.29, 0.717) is 22.9 Å². The Kier molecular flexibility index (Phi) is 5.46. The third-order valence-electron chi connectivity index (χ3n) is 7.24. The van der Waals surface area contributed by atoms with Gasteiger partial charge in [0, 0.05) is 18.3 Å². The van der Waals surface area contributed by atoms with Gasteiger partial charge in [-0.2, -0.15) is 13.2 Å². The Morgan fingerprint density at radius 1 is 1.10 bits per heavy atom. The van der Waals surface area contributed by atoms with Crippen LogP contribution in [0.15, 0.2) is 35.3 Å². The first kappa shape index (κ1) is 25.2. The summed E-state index contributed by atoms with van der Waals surface area (Å²) in [5.74, 6) is -6.30. The molecule has 1 unspecified atom stereocenters. The highest BCUT2D eigenvalue weighted by atomic mass is 19.4. The molecule has 3 fully saturated rings. The predicted octanol–water partition coefficient (Wildman–Crippen LogP) is 3.94. The number of nitrogens with zero attached hydrogens (tertiary/aromatic N) is 3. The summed E-state index contributed by atoms with van der Waals surface area (Å²) in [5.41, 5.74) is -3.58. The van der Waals surface area contributed by atoms with E-state index in [0.717, 1.165) is 12.8 Å². The number of carbonyl (C=O) groups is 2. The molecule has 14 heteroatoms. The molecule has 3 amide bonds. The summed E-state index contributed by atoms with van der Waals surface area (Å²) in [6, 6.07) is 0.502. The van der Waals surface area contributed by atoms with Crippen LogP contribution in [0.2, 0.25) is 0 Å². The van der Waals surface area contributed by atoms with Crippen LogP contribution >= 0.6 is 0 Å². The van der Waals surface area contributed by atoms with Crippen molar-refractivity contribution >= 4 is 28.8 Å². The topological polar surface area (TPSA) is 96.3 Å². The van der Waals surface area contributed by atoms with Crippen LogP contribution in [0.5, 0.6) is 0 Å². The Balaban J connectivity index is 1.52. The number of benzene rings is 1. The molecule has 3 heterocycles. The lowest BCUT2D eigenvalue weighted by molar-refractivity contribution is -0.158. The highest BCUT2D eigenvalue weighted by Crippen LogP contribution is 2.41. The highest BCUT2D eigenvalue weighted by molar-refractivity contribution is 5.99. The molecule has 1 aromatic carbocycles. The molecule has 204 valence electrons. The number of hydrogen-bond acceptors (Lipinski definition) is 4. The van der Waals surface area contributed by atoms with Gasteiger partial charge in [-0.1, -0.05) is 0 Å². The van der Waals surface area contributed by atoms with Gasteiger partial charge in [0.15, 0.2) is 17.3 Å². The van der Waals surface area contributed by atoms with Gasteiger partial charge in [-0.3, -0.25) is 19.1 Å². The Labute approximate surface area is 215 Å². The van der Waals surface area contributed by atoms with Gasteiger partial charge >= 0.3 is 12.2 Å². The maximum Gasteiger partial charge on any atom is 0.408 e. The number of halogens is 6. The normalized spacial score (nSPS) is 18.9. The van der Waals surface area contributed by atoms with Gasteiger partial charge in [0.1, 0.15) is 28.9 Å². The van der Waals surface area contributed by atoms with Crippen molar-refractivity contribution in [3.05, 3.63) is 63.7 Å². The van der Waals surface area contributed by atoms with Gasteiger partial charge in [0.05, 0.1) is 17.5 Å². The minimum Gasteiger partial charge on any atom is -0.340 e. The van der Waals surface area contributed by atoms with E-state index in [1.165, 1.54) is 17.0 Å². The molecule has 6 rings (SSSR count). The zero-order chi connectivity index (χ0) is 27.9. The zero-order valence-corrected chi connectivity index (χ0v) is 19.9. The number of fused-ring (bicyclic) bond motifs is 1. The predicted molar refractivity (Wildman–Crippen MR) is 125 cm³/mol. The first-order valence-corrected chi connectivity index (χ1v) is 12.1. The average molecular weight is 551 g/mol. The smallest absolute Gasteiger partial charge is 0.340 e. The van der Waals surface area contributed by atoms with Gasteiger partial charge in [-0.05, 0) is 43.7 Å². The van der Waals surface area contributed by atoms with Crippen LogP contribution in [-0.2, 0) is 0 Å². The standard InChI is InChI=1S/C25H19F6N5O3/c26-12-7-15(27)18(16(28)8-12)35-9-14(22(38)33-20(11-1-2-11)25(29,30)31)19(37)13-3-4-17(32-21(13)35)36-10-24(5-6-24)34-23(36)39/h3-4,7-9,11,20H,1-2,5-6,10H2,(H,33,38)(H,34,39). The van der Waals surface area contributed by atoms with E-state index in [4.69, 9.17) is 0 Å². The van der Waals surface area contributed by atoms with Crippen LogP contribution in [0, 0.1) is 23.4 Å². The van der Waals surface area contributed by atoms with Crippen LogP contribution in [0.1, 0.15) is 36.0 Å². The maximum atomic E-state index is 14.9. The first-order chi connectivity index (χ1) is 18.4. The lowest BCUT2D eigenvalue weighted by Crippen LogP contribution is -2.48. The third kappa shape index (κ3) is 4.36. The van der Waals surface area contributed by atoms with E-state index >= 15 is 0 Å². The van der Waals surface area contributed by atoms with Gasteiger partial charge in [0.2, 0.25) is 5.43 Å². The first-order valence-electron chi connectivity index (χ1n) is 12.1. The van der Waals surface area contributed by atoms with Crippen LogP contribution in [0.4, 0.5) is 37.0 Å². The summed E-state index contributed by atoms with van der Waals surface area (Å²) < 4.78 is 84.7. The fourth-order valence-electron chi connectivity index (χ4n) is 4.88. The van der Waals surface area contributed by atoms with Crippen molar-refractivity contribution in [2.24, 2.45) is 5.92 Å². The lowest BCUT2D eigenvalue weighted by atomic mass is 10.1. The number of nitrogens with one attached hydrogen (secondary N) is 2. The number of carbonyl (C=O) groups excluding carboxylic acids is 2. The van der Waals surface area contributed by atoms with Crippen LogP contribution < -0.4 is 21.0 Å². The molecule has 39 heavy (non-hydrogen) atoms. The molecule has 8 nitrogen and oxygen atoms in total. The molecule has 2 aliphatic carbocycles. The van der Waals surface area contributed by atoms with E-state index in [-0.39, 0.29) is 30.6 Å². The Morgan fingerprint density at radius 2 is 1.77 bits per heavy atom. The number of alkyl halides is 3. The molecule has 2 saturated carbocycles. The minimum atomic E-state index is -4.78. The number of aromatic nitrogens is 2. The minimum absolute atomic E-state index is 0.0305. The van der Waals surface area contributed by atoms with Gasteiger partial charge in [-0.15, -0.1) is 0 Å². The number of rotatable bonds is 5. The van der Waals surface area contributed by atoms with E-state index in [1.54, 1.807) is 0 Å². The van der Waals surface area contributed by atoms with Gasteiger partial charge in [0.25, 0.3) is 5.91 Å². The molecule has 3 aromatic rings. The second kappa shape index (κ2) is 8.45. The van der Waals surface area contributed by atoms with E-state index < -0.39 is 75.4 Å². The Hall–Kier alpha value is -4.10. The summed E-state index contributed by atoms with van der Waals surface area (Å²) in [7, 11) is 0. The van der Waals surface area contributed by atoms with Crippen LogP contribution in [0.25, 0.3) is 16.7 Å². The summed E-state index contributed by atoms with van der Waals surface area (Å²) in [6.07, 6.45) is -2.15. The number of amides is 3. The monoisotopic (exact) mass is 551 g/mol. The number of urea groups is 1. The fraction of sp³-hybridized carbons (Fsp3) is 0.360. The van der Waals surface area contributed by atoms with Crippen LogP contribution in [0.3, 0.4) is 0 Å². The molecule has 0 radical (unpaired) electrons. The van der Waals surface area contributed by atoms with Crippen molar-refractivity contribution in [3.63, 3.8) is 0 Å². The summed E-state index contributed by atoms with van der Waals surface area (Å²) in [4.78, 5) is 44.3.